The summed E-state index contributed by atoms with van der Waals surface area (Å²) in [5.41, 5.74) is 1.87. The Balaban J connectivity index is 1.68. The first kappa shape index (κ1) is 18.8. The third-order valence-electron chi connectivity index (χ3n) is 4.33. The van der Waals surface area contributed by atoms with Crippen LogP contribution >= 0.6 is 0 Å². The smallest absolute Gasteiger partial charge is 0.339 e. The molecule has 0 aliphatic carbocycles. The van der Waals surface area contributed by atoms with E-state index >= 15 is 0 Å². The maximum absolute atomic E-state index is 12.3. The maximum atomic E-state index is 12.3. The molecular weight excluding hydrogens is 372 g/mol. The van der Waals surface area contributed by atoms with E-state index in [2.05, 4.69) is 0 Å². The summed E-state index contributed by atoms with van der Waals surface area (Å²) in [4.78, 5) is 24.2. The zero-order chi connectivity index (χ0) is 19.6. The highest BCUT2D eigenvalue weighted by Gasteiger charge is 2.28. The van der Waals surface area contributed by atoms with Gasteiger partial charge in [0.15, 0.2) is 24.8 Å². The van der Waals surface area contributed by atoms with Gasteiger partial charge in [0.1, 0.15) is 0 Å². The summed E-state index contributed by atoms with van der Waals surface area (Å²) in [7, 11) is -3.34. The Morgan fingerprint density at radius 2 is 1.89 bits per heavy atom. The number of carbonyl (C=O) groups is 2. The highest BCUT2D eigenvalue weighted by Crippen LogP contribution is 2.31. The van der Waals surface area contributed by atoms with E-state index in [-0.39, 0.29) is 11.3 Å². The topological polar surface area (TPSA) is 108 Å². The van der Waals surface area contributed by atoms with E-state index < -0.39 is 28.4 Å². The summed E-state index contributed by atoms with van der Waals surface area (Å²) in [6.07, 6.45) is 2.85. The second-order valence-corrected chi connectivity index (χ2v) is 8.19. The molecule has 0 saturated carbocycles. The molecule has 142 valence electrons. The lowest BCUT2D eigenvalue weighted by molar-refractivity contribution is -0.605. The minimum Gasteiger partial charge on any atom is -0.619 e. The monoisotopic (exact) mass is 390 g/mol. The Morgan fingerprint density at radius 3 is 2.56 bits per heavy atom. The lowest BCUT2D eigenvalue weighted by Crippen LogP contribution is -2.30. The van der Waals surface area contributed by atoms with E-state index in [1.807, 2.05) is 0 Å². The summed E-state index contributed by atoms with van der Waals surface area (Å²) < 4.78 is 31.1. The highest BCUT2D eigenvalue weighted by atomic mass is 32.2. The van der Waals surface area contributed by atoms with Crippen molar-refractivity contribution >= 4 is 27.5 Å². The van der Waals surface area contributed by atoms with Crippen molar-refractivity contribution in [1.82, 2.24) is 0 Å². The molecule has 1 aromatic heterocycles. The number of anilines is 1. The molecule has 1 aliphatic rings. The first-order valence-corrected chi connectivity index (χ1v) is 9.95. The number of esters is 1. The molecule has 8 nitrogen and oxygen atoms in total. The zero-order valence-electron chi connectivity index (χ0n) is 14.6. The van der Waals surface area contributed by atoms with Crippen LogP contribution in [-0.4, -0.2) is 39.1 Å². The van der Waals surface area contributed by atoms with E-state index in [9.17, 15) is 23.2 Å². The van der Waals surface area contributed by atoms with Crippen molar-refractivity contribution in [2.45, 2.75) is 13.3 Å². The van der Waals surface area contributed by atoms with Crippen LogP contribution in [0.15, 0.2) is 42.7 Å². The second-order valence-electron chi connectivity index (χ2n) is 6.01. The van der Waals surface area contributed by atoms with Crippen LogP contribution in [-0.2, 0) is 21.2 Å². The largest absolute Gasteiger partial charge is 0.619 e. The van der Waals surface area contributed by atoms with Crippen molar-refractivity contribution in [3.63, 3.8) is 0 Å². The molecule has 0 atom stereocenters. The van der Waals surface area contributed by atoms with Gasteiger partial charge in [-0.3, -0.25) is 9.10 Å². The van der Waals surface area contributed by atoms with Crippen LogP contribution in [0.4, 0.5) is 5.69 Å². The van der Waals surface area contributed by atoms with Gasteiger partial charge in [0.2, 0.25) is 10.0 Å². The lowest BCUT2D eigenvalue weighted by Gasteiger charge is -2.18. The third kappa shape index (κ3) is 3.92. The van der Waals surface area contributed by atoms with Crippen molar-refractivity contribution in [3.05, 3.63) is 64.6 Å². The number of aromatic nitrogens is 1. The molecule has 0 bridgehead atoms. The van der Waals surface area contributed by atoms with Gasteiger partial charge in [-0.05, 0) is 37.1 Å². The Kier molecular flexibility index (Phi) is 5.13. The van der Waals surface area contributed by atoms with Crippen LogP contribution in [0.5, 0.6) is 0 Å². The predicted molar refractivity (Wildman–Crippen MR) is 97.0 cm³/mol. The molecule has 2 aromatic rings. The van der Waals surface area contributed by atoms with Gasteiger partial charge in [0.05, 0.1) is 17.0 Å². The Morgan fingerprint density at radius 1 is 1.19 bits per heavy atom. The maximum Gasteiger partial charge on any atom is 0.339 e. The third-order valence-corrected chi connectivity index (χ3v) is 6.11. The van der Waals surface area contributed by atoms with E-state index in [0.29, 0.717) is 28.9 Å². The minimum absolute atomic E-state index is 0.00883. The number of ether oxygens (including phenoxy) is 1. The van der Waals surface area contributed by atoms with E-state index in [1.165, 1.54) is 22.5 Å². The number of rotatable bonds is 6. The van der Waals surface area contributed by atoms with E-state index in [1.54, 1.807) is 19.1 Å². The standard InChI is InChI=1S/C18H18N2O6S/c1-2-27(24,25)20-10-7-14-11-15(3-4-16(14)20)17(21)12-26-18(22)13-5-8-19(23)9-6-13/h3-6,8-9,11H,2,7,10,12H2,1H3. The summed E-state index contributed by atoms with van der Waals surface area (Å²) in [6.45, 7) is 1.50. The summed E-state index contributed by atoms with van der Waals surface area (Å²) >= 11 is 0. The van der Waals surface area contributed by atoms with E-state index in [0.717, 1.165) is 18.0 Å². The summed E-state index contributed by atoms with van der Waals surface area (Å²) in [5, 5.41) is 11.0. The molecule has 1 aromatic carbocycles. The van der Waals surface area contributed by atoms with Crippen LogP contribution in [0, 0.1) is 5.21 Å². The fourth-order valence-electron chi connectivity index (χ4n) is 2.84. The van der Waals surface area contributed by atoms with Crippen LogP contribution in [0.1, 0.15) is 33.2 Å². The molecule has 0 unspecified atom stereocenters. The van der Waals surface area contributed by atoms with Crippen molar-refractivity contribution in [2.75, 3.05) is 23.2 Å². The second kappa shape index (κ2) is 7.36. The first-order chi connectivity index (χ1) is 12.8. The van der Waals surface area contributed by atoms with Crippen LogP contribution in [0.2, 0.25) is 0 Å². The minimum atomic E-state index is -3.34. The number of carbonyl (C=O) groups excluding carboxylic acids is 2. The number of hydrogen-bond acceptors (Lipinski definition) is 6. The molecule has 0 saturated heterocycles. The Labute approximate surface area is 156 Å². The van der Waals surface area contributed by atoms with Gasteiger partial charge in [-0.2, -0.15) is 4.73 Å². The molecular formula is C18H18N2O6S. The fraction of sp³-hybridized carbons (Fsp3) is 0.278. The molecule has 1 aliphatic heterocycles. The van der Waals surface area contributed by atoms with Gasteiger partial charge in [0.25, 0.3) is 0 Å². The molecule has 0 radical (unpaired) electrons. The fourth-order valence-corrected chi connectivity index (χ4v) is 4.00. The van der Waals surface area contributed by atoms with Gasteiger partial charge in [-0.15, -0.1) is 0 Å². The van der Waals surface area contributed by atoms with Crippen molar-refractivity contribution < 1.29 is 27.5 Å². The summed E-state index contributed by atoms with van der Waals surface area (Å²) in [5.74, 6) is -1.09. The van der Waals surface area contributed by atoms with Gasteiger partial charge < -0.3 is 9.94 Å². The van der Waals surface area contributed by atoms with Crippen LogP contribution in [0.3, 0.4) is 0 Å². The molecule has 2 heterocycles. The van der Waals surface area contributed by atoms with Crippen LogP contribution in [0.25, 0.3) is 0 Å². The number of Topliss-reactive ketones (excluding diaryl/α,β-unsaturated/α-hetero) is 1. The molecule has 0 spiro atoms. The van der Waals surface area contributed by atoms with E-state index in [4.69, 9.17) is 4.74 Å². The average molecular weight is 390 g/mol. The number of sulfonamides is 1. The number of fused-ring (bicyclic) bond motifs is 1. The number of hydrogen-bond donors (Lipinski definition) is 0. The normalized spacial score (nSPS) is 13.3. The van der Waals surface area contributed by atoms with Gasteiger partial charge in [-0.1, -0.05) is 0 Å². The Hall–Kier alpha value is -2.94. The number of pyridine rings is 1. The number of benzene rings is 1. The van der Waals surface area contributed by atoms with Gasteiger partial charge in [0, 0.05) is 24.2 Å². The number of ketones is 1. The van der Waals surface area contributed by atoms with Crippen molar-refractivity contribution in [1.29, 1.82) is 0 Å². The molecule has 3 rings (SSSR count). The zero-order valence-corrected chi connectivity index (χ0v) is 15.4. The Bertz CT molecular complexity index is 985. The highest BCUT2D eigenvalue weighted by molar-refractivity contribution is 7.92. The van der Waals surface area contributed by atoms with Crippen molar-refractivity contribution in [3.8, 4) is 0 Å². The van der Waals surface area contributed by atoms with Gasteiger partial charge in [-0.25, -0.2) is 13.2 Å². The molecule has 0 fully saturated rings. The first-order valence-electron chi connectivity index (χ1n) is 8.34. The van der Waals surface area contributed by atoms with Crippen molar-refractivity contribution in [2.24, 2.45) is 0 Å². The molecule has 27 heavy (non-hydrogen) atoms. The van der Waals surface area contributed by atoms with Gasteiger partial charge >= 0.3 is 5.97 Å². The molecule has 9 heteroatoms. The number of nitrogens with zero attached hydrogens (tertiary/aromatic N) is 2. The molecule has 0 amide bonds. The SMILES string of the molecule is CCS(=O)(=O)N1CCc2cc(C(=O)COC(=O)c3cc[n+]([O-])cc3)ccc21. The summed E-state index contributed by atoms with van der Waals surface area (Å²) in [6, 6.07) is 7.38. The molecule has 0 N–H and O–H groups in total. The quantitative estimate of drug-likeness (QED) is 0.316. The average Bonchev–Trinajstić information content (AvgIpc) is 3.10. The van der Waals surface area contributed by atoms with Crippen LogP contribution < -0.4 is 9.04 Å². The predicted octanol–water partition coefficient (Wildman–Crippen LogP) is 1.07. The lowest BCUT2D eigenvalue weighted by atomic mass is 10.1.